The van der Waals surface area contributed by atoms with E-state index in [1.54, 1.807) is 7.05 Å². The molecule has 0 aromatic carbocycles. The van der Waals surface area contributed by atoms with E-state index in [-0.39, 0.29) is 12.5 Å². The molecule has 2 N–H and O–H groups in total. The minimum Gasteiger partial charge on any atom is -0.396 e. The first-order valence-corrected chi connectivity index (χ1v) is 5.28. The number of rotatable bonds is 8. The van der Waals surface area contributed by atoms with Crippen LogP contribution in [0.4, 0.5) is 0 Å². The van der Waals surface area contributed by atoms with E-state index in [2.05, 4.69) is 17.1 Å². The van der Waals surface area contributed by atoms with Crippen LogP contribution in [-0.4, -0.2) is 49.2 Å². The molecule has 0 aromatic heterocycles. The quantitative estimate of drug-likeness (QED) is 0.553. The Bertz CT molecular complexity index is 151. The van der Waals surface area contributed by atoms with Crippen LogP contribution in [0, 0.1) is 0 Å². The van der Waals surface area contributed by atoms with E-state index in [1.807, 2.05) is 0 Å². The fourth-order valence-corrected chi connectivity index (χ4v) is 1.32. The number of hydrogen-bond acceptors (Lipinski definition) is 3. The number of unbranched alkanes of at least 4 members (excludes halogenated alkanes) is 1. The van der Waals surface area contributed by atoms with Crippen molar-refractivity contribution in [1.82, 2.24) is 10.2 Å². The third kappa shape index (κ3) is 6.86. The van der Waals surface area contributed by atoms with Crippen molar-refractivity contribution in [2.24, 2.45) is 0 Å². The van der Waals surface area contributed by atoms with Gasteiger partial charge in [0.1, 0.15) is 0 Å². The van der Waals surface area contributed by atoms with E-state index in [9.17, 15) is 4.79 Å². The Balaban J connectivity index is 3.70. The van der Waals surface area contributed by atoms with Crippen LogP contribution in [-0.2, 0) is 4.79 Å². The van der Waals surface area contributed by atoms with Crippen molar-refractivity contribution < 1.29 is 9.90 Å². The van der Waals surface area contributed by atoms with Gasteiger partial charge in [-0.25, -0.2) is 0 Å². The Morgan fingerprint density at radius 2 is 2.07 bits per heavy atom. The lowest BCUT2D eigenvalue weighted by Gasteiger charge is -2.20. The van der Waals surface area contributed by atoms with Gasteiger partial charge in [-0.1, -0.05) is 6.92 Å². The summed E-state index contributed by atoms with van der Waals surface area (Å²) in [6.07, 6.45) is 2.82. The average molecular weight is 202 g/mol. The molecule has 0 bridgehead atoms. The summed E-state index contributed by atoms with van der Waals surface area (Å²) in [7, 11) is 1.65. The molecule has 0 atom stereocenters. The number of nitrogens with zero attached hydrogens (tertiary/aromatic N) is 1. The summed E-state index contributed by atoms with van der Waals surface area (Å²) in [5.74, 6) is 0.0578. The molecular formula is C10H22N2O2. The number of aliphatic hydroxyl groups is 1. The van der Waals surface area contributed by atoms with Gasteiger partial charge >= 0.3 is 0 Å². The highest BCUT2D eigenvalue weighted by Gasteiger charge is 2.07. The Morgan fingerprint density at radius 3 is 2.57 bits per heavy atom. The van der Waals surface area contributed by atoms with Gasteiger partial charge in [-0.3, -0.25) is 9.69 Å². The molecule has 1 amide bonds. The highest BCUT2D eigenvalue weighted by Crippen LogP contribution is 1.96. The van der Waals surface area contributed by atoms with Crippen molar-refractivity contribution in [3.63, 3.8) is 0 Å². The maximum Gasteiger partial charge on any atom is 0.233 e. The Kier molecular flexibility index (Phi) is 8.57. The number of carbonyl (C=O) groups is 1. The molecule has 0 saturated carbocycles. The normalized spacial score (nSPS) is 10.6. The molecule has 0 aliphatic carbocycles. The Labute approximate surface area is 86.3 Å². The second-order valence-corrected chi connectivity index (χ2v) is 3.38. The largest absolute Gasteiger partial charge is 0.396 e. The van der Waals surface area contributed by atoms with Crippen molar-refractivity contribution in [3.05, 3.63) is 0 Å². The summed E-state index contributed by atoms with van der Waals surface area (Å²) in [6, 6.07) is 0. The van der Waals surface area contributed by atoms with Crippen LogP contribution in [0.15, 0.2) is 0 Å². The van der Waals surface area contributed by atoms with E-state index < -0.39 is 0 Å². The smallest absolute Gasteiger partial charge is 0.233 e. The van der Waals surface area contributed by atoms with Gasteiger partial charge in [-0.05, 0) is 32.4 Å². The summed E-state index contributed by atoms with van der Waals surface area (Å²) in [5, 5.41) is 11.3. The van der Waals surface area contributed by atoms with Crippen molar-refractivity contribution in [2.75, 3.05) is 33.3 Å². The van der Waals surface area contributed by atoms with E-state index in [4.69, 9.17) is 5.11 Å². The second-order valence-electron chi connectivity index (χ2n) is 3.38. The van der Waals surface area contributed by atoms with Gasteiger partial charge in [0.2, 0.25) is 5.91 Å². The van der Waals surface area contributed by atoms with Crippen LogP contribution in [0.1, 0.15) is 26.2 Å². The van der Waals surface area contributed by atoms with Crippen molar-refractivity contribution in [2.45, 2.75) is 26.2 Å². The first kappa shape index (κ1) is 13.4. The fraction of sp³-hybridized carbons (Fsp3) is 0.900. The molecule has 0 spiro atoms. The SMILES string of the molecule is CCCN(CCCCO)CC(=O)NC. The number of aliphatic hydroxyl groups excluding tert-OH is 1. The summed E-state index contributed by atoms with van der Waals surface area (Å²) in [5.41, 5.74) is 0. The molecule has 0 fully saturated rings. The van der Waals surface area contributed by atoms with Gasteiger partial charge in [0, 0.05) is 13.7 Å². The molecule has 4 heteroatoms. The van der Waals surface area contributed by atoms with Crippen LogP contribution in [0.3, 0.4) is 0 Å². The molecule has 4 nitrogen and oxygen atoms in total. The van der Waals surface area contributed by atoms with Gasteiger partial charge < -0.3 is 10.4 Å². The van der Waals surface area contributed by atoms with Gasteiger partial charge in [-0.2, -0.15) is 0 Å². The molecule has 84 valence electrons. The predicted molar refractivity (Wildman–Crippen MR) is 57.1 cm³/mol. The first-order chi connectivity index (χ1) is 6.74. The molecule has 0 aliphatic rings. The van der Waals surface area contributed by atoms with Gasteiger partial charge in [0.05, 0.1) is 6.54 Å². The maximum absolute atomic E-state index is 11.1. The monoisotopic (exact) mass is 202 g/mol. The maximum atomic E-state index is 11.1. The highest BCUT2D eigenvalue weighted by atomic mass is 16.2. The zero-order valence-corrected chi connectivity index (χ0v) is 9.25. The molecule has 0 radical (unpaired) electrons. The number of nitrogens with one attached hydrogen (secondary N) is 1. The lowest BCUT2D eigenvalue weighted by atomic mass is 10.3. The van der Waals surface area contributed by atoms with Gasteiger partial charge in [0.25, 0.3) is 0 Å². The number of likely N-dealkylation sites (N-methyl/N-ethyl adjacent to an activating group) is 1. The summed E-state index contributed by atoms with van der Waals surface area (Å²) in [4.78, 5) is 13.2. The first-order valence-electron chi connectivity index (χ1n) is 5.28. The molecule has 0 unspecified atom stereocenters. The summed E-state index contributed by atoms with van der Waals surface area (Å²) < 4.78 is 0. The lowest BCUT2D eigenvalue weighted by molar-refractivity contribution is -0.121. The lowest BCUT2D eigenvalue weighted by Crippen LogP contribution is -2.36. The zero-order valence-electron chi connectivity index (χ0n) is 9.25. The van der Waals surface area contributed by atoms with Crippen molar-refractivity contribution in [3.8, 4) is 0 Å². The topological polar surface area (TPSA) is 52.6 Å². The minimum absolute atomic E-state index is 0.0578. The molecule has 0 aliphatic heterocycles. The number of amides is 1. The van der Waals surface area contributed by atoms with E-state index >= 15 is 0 Å². The standard InChI is InChI=1S/C10H22N2O2/c1-3-6-12(7-4-5-8-13)9-10(14)11-2/h13H,3-9H2,1-2H3,(H,11,14). The molecule has 14 heavy (non-hydrogen) atoms. The molecular weight excluding hydrogens is 180 g/mol. The van der Waals surface area contributed by atoms with Crippen molar-refractivity contribution in [1.29, 1.82) is 0 Å². The Morgan fingerprint density at radius 1 is 1.36 bits per heavy atom. The average Bonchev–Trinajstić information content (AvgIpc) is 2.18. The van der Waals surface area contributed by atoms with Crippen LogP contribution in [0.25, 0.3) is 0 Å². The van der Waals surface area contributed by atoms with Crippen LogP contribution in [0.5, 0.6) is 0 Å². The van der Waals surface area contributed by atoms with E-state index in [1.165, 1.54) is 0 Å². The summed E-state index contributed by atoms with van der Waals surface area (Å²) in [6.45, 7) is 4.64. The van der Waals surface area contributed by atoms with Crippen molar-refractivity contribution >= 4 is 5.91 Å². The van der Waals surface area contributed by atoms with Crippen LogP contribution in [0.2, 0.25) is 0 Å². The number of hydrogen-bond donors (Lipinski definition) is 2. The van der Waals surface area contributed by atoms with Gasteiger partial charge in [-0.15, -0.1) is 0 Å². The third-order valence-corrected chi connectivity index (χ3v) is 2.07. The second kappa shape index (κ2) is 8.97. The number of carbonyl (C=O) groups excluding carboxylic acids is 1. The predicted octanol–water partition coefficient (Wildman–Crippen LogP) is 0.217. The van der Waals surface area contributed by atoms with Gasteiger partial charge in [0.15, 0.2) is 0 Å². The highest BCUT2D eigenvalue weighted by molar-refractivity contribution is 5.77. The molecule has 0 rings (SSSR count). The van der Waals surface area contributed by atoms with Crippen LogP contribution < -0.4 is 5.32 Å². The third-order valence-electron chi connectivity index (χ3n) is 2.07. The molecule has 0 heterocycles. The van der Waals surface area contributed by atoms with Crippen LogP contribution >= 0.6 is 0 Å². The fourth-order valence-electron chi connectivity index (χ4n) is 1.32. The van der Waals surface area contributed by atoms with E-state index in [0.717, 1.165) is 32.4 Å². The molecule has 0 aromatic rings. The molecule has 0 saturated heterocycles. The minimum atomic E-state index is 0.0578. The van der Waals surface area contributed by atoms with E-state index in [0.29, 0.717) is 6.54 Å². The summed E-state index contributed by atoms with van der Waals surface area (Å²) >= 11 is 0. The zero-order chi connectivity index (χ0) is 10.8. The Hall–Kier alpha value is -0.610.